The van der Waals surface area contributed by atoms with Crippen molar-refractivity contribution in [2.24, 2.45) is 0 Å². The van der Waals surface area contributed by atoms with Gasteiger partial charge in [0.25, 0.3) is 0 Å². The Morgan fingerprint density at radius 2 is 1.80 bits per heavy atom. The number of ether oxygens (including phenoxy) is 1. The number of benzene rings is 2. The highest BCUT2D eigenvalue weighted by molar-refractivity contribution is 7.99. The number of carbonyl (C=O) groups is 1. The second-order valence-corrected chi connectivity index (χ2v) is 7.55. The van der Waals surface area contributed by atoms with Crippen LogP contribution in [0, 0.1) is 5.82 Å². The number of halogens is 1. The van der Waals surface area contributed by atoms with Crippen LogP contribution in [-0.2, 0) is 11.2 Å². The van der Waals surface area contributed by atoms with E-state index in [-0.39, 0.29) is 17.3 Å². The van der Waals surface area contributed by atoms with Gasteiger partial charge in [-0.1, -0.05) is 30.3 Å². The molecule has 0 unspecified atom stereocenters. The molecule has 2 aromatic carbocycles. The normalized spacial score (nSPS) is 11.2. The average molecular weight is 361 g/mol. The molecule has 0 aliphatic heterocycles. The van der Waals surface area contributed by atoms with E-state index in [0.29, 0.717) is 18.8 Å². The van der Waals surface area contributed by atoms with E-state index in [1.807, 2.05) is 44.2 Å². The summed E-state index contributed by atoms with van der Waals surface area (Å²) in [6.07, 6.45) is 0.654. The van der Waals surface area contributed by atoms with Crippen molar-refractivity contribution < 1.29 is 13.9 Å². The zero-order valence-electron chi connectivity index (χ0n) is 14.6. The van der Waals surface area contributed by atoms with Gasteiger partial charge >= 0.3 is 0 Å². The lowest BCUT2D eigenvalue weighted by Crippen LogP contribution is -2.46. The maximum Gasteiger partial charge on any atom is 0.230 e. The highest BCUT2D eigenvalue weighted by Crippen LogP contribution is 2.14. The molecule has 2 aromatic rings. The molecule has 1 amide bonds. The summed E-state index contributed by atoms with van der Waals surface area (Å²) in [6.45, 7) is 4.51. The van der Waals surface area contributed by atoms with E-state index in [9.17, 15) is 9.18 Å². The van der Waals surface area contributed by atoms with Crippen molar-refractivity contribution >= 4 is 17.7 Å². The average Bonchev–Trinajstić information content (AvgIpc) is 2.57. The molecular formula is C20H24FNO2S. The molecule has 3 nitrogen and oxygen atoms in total. The first kappa shape index (κ1) is 19.3. The van der Waals surface area contributed by atoms with E-state index in [0.717, 1.165) is 17.1 Å². The largest absolute Gasteiger partial charge is 0.493 e. The Bertz CT molecular complexity index is 659. The minimum atomic E-state index is -0.379. The van der Waals surface area contributed by atoms with Crippen molar-refractivity contribution in [1.82, 2.24) is 5.32 Å². The minimum Gasteiger partial charge on any atom is -0.493 e. The lowest BCUT2D eigenvalue weighted by atomic mass is 9.95. The van der Waals surface area contributed by atoms with Gasteiger partial charge in [0.05, 0.1) is 12.4 Å². The molecule has 0 radical (unpaired) electrons. The molecule has 0 spiro atoms. The van der Waals surface area contributed by atoms with Crippen LogP contribution < -0.4 is 10.1 Å². The van der Waals surface area contributed by atoms with Gasteiger partial charge in [0.15, 0.2) is 0 Å². The van der Waals surface area contributed by atoms with Crippen LogP contribution >= 0.6 is 11.8 Å². The molecule has 0 aromatic heterocycles. The Labute approximate surface area is 153 Å². The lowest BCUT2D eigenvalue weighted by molar-refractivity contribution is -0.120. The number of nitrogens with one attached hydrogen (secondary N) is 1. The molecule has 0 saturated carbocycles. The van der Waals surface area contributed by atoms with Crippen LogP contribution in [0.4, 0.5) is 4.39 Å². The highest BCUT2D eigenvalue weighted by atomic mass is 32.2. The van der Waals surface area contributed by atoms with Gasteiger partial charge in [0.2, 0.25) is 5.91 Å². The minimum absolute atomic E-state index is 0.00294. The van der Waals surface area contributed by atoms with Crippen molar-refractivity contribution in [2.45, 2.75) is 25.8 Å². The second kappa shape index (κ2) is 9.47. The third-order valence-electron chi connectivity index (χ3n) is 3.51. The van der Waals surface area contributed by atoms with Crippen LogP contribution in [-0.4, -0.2) is 29.6 Å². The van der Waals surface area contributed by atoms with Crippen LogP contribution in [0.5, 0.6) is 5.75 Å². The highest BCUT2D eigenvalue weighted by Gasteiger charge is 2.20. The fourth-order valence-corrected chi connectivity index (χ4v) is 3.07. The zero-order valence-corrected chi connectivity index (χ0v) is 15.4. The van der Waals surface area contributed by atoms with Crippen LogP contribution in [0.1, 0.15) is 19.4 Å². The summed E-state index contributed by atoms with van der Waals surface area (Å²) in [5.41, 5.74) is 0.617. The van der Waals surface area contributed by atoms with Gasteiger partial charge in [-0.15, -0.1) is 11.8 Å². The van der Waals surface area contributed by atoms with E-state index in [2.05, 4.69) is 5.32 Å². The van der Waals surface area contributed by atoms with E-state index < -0.39 is 0 Å². The van der Waals surface area contributed by atoms with Crippen molar-refractivity contribution in [2.75, 3.05) is 18.1 Å². The fraction of sp³-hybridized carbons (Fsp3) is 0.350. The predicted octanol–water partition coefficient (Wildman–Crippen LogP) is 4.08. The maximum absolute atomic E-state index is 13.0. The van der Waals surface area contributed by atoms with Crippen LogP contribution in [0.25, 0.3) is 0 Å². The van der Waals surface area contributed by atoms with E-state index in [1.165, 1.54) is 12.1 Å². The van der Waals surface area contributed by atoms with Gasteiger partial charge in [0, 0.05) is 11.3 Å². The number of amides is 1. The summed E-state index contributed by atoms with van der Waals surface area (Å²) in [4.78, 5) is 12.1. The van der Waals surface area contributed by atoms with Crippen LogP contribution in [0.3, 0.4) is 0 Å². The van der Waals surface area contributed by atoms with Crippen molar-refractivity contribution in [3.8, 4) is 5.75 Å². The number of hydrogen-bond acceptors (Lipinski definition) is 3. The molecule has 0 heterocycles. The van der Waals surface area contributed by atoms with E-state index in [1.54, 1.807) is 23.9 Å². The van der Waals surface area contributed by atoms with Gasteiger partial charge in [-0.05, 0) is 50.1 Å². The summed E-state index contributed by atoms with van der Waals surface area (Å²) < 4.78 is 18.6. The molecule has 0 atom stereocenters. The Morgan fingerprint density at radius 1 is 1.12 bits per heavy atom. The zero-order chi connectivity index (χ0) is 18.1. The molecule has 0 bridgehead atoms. The lowest BCUT2D eigenvalue weighted by Gasteiger charge is -2.26. The fourth-order valence-electron chi connectivity index (χ4n) is 2.47. The number of hydrogen-bond donors (Lipinski definition) is 1. The SMILES string of the molecule is CC(C)(Cc1ccc(F)cc1)NC(=O)CSCCOc1ccccc1. The molecule has 0 fully saturated rings. The molecule has 5 heteroatoms. The summed E-state index contributed by atoms with van der Waals surface area (Å²) in [7, 11) is 0. The molecule has 25 heavy (non-hydrogen) atoms. The summed E-state index contributed by atoms with van der Waals surface area (Å²) in [5, 5.41) is 3.03. The Hall–Kier alpha value is -2.01. The topological polar surface area (TPSA) is 38.3 Å². The molecular weight excluding hydrogens is 337 g/mol. The van der Waals surface area contributed by atoms with E-state index >= 15 is 0 Å². The molecule has 0 aliphatic carbocycles. The van der Waals surface area contributed by atoms with Crippen LogP contribution in [0.15, 0.2) is 54.6 Å². The van der Waals surface area contributed by atoms with Gasteiger partial charge in [-0.2, -0.15) is 0 Å². The molecule has 0 saturated heterocycles. The quantitative estimate of drug-likeness (QED) is 0.684. The first-order chi connectivity index (χ1) is 11.9. The van der Waals surface area contributed by atoms with Gasteiger partial charge in [-0.25, -0.2) is 4.39 Å². The van der Waals surface area contributed by atoms with E-state index in [4.69, 9.17) is 4.74 Å². The number of para-hydroxylation sites is 1. The monoisotopic (exact) mass is 361 g/mol. The Balaban J connectivity index is 1.65. The molecule has 134 valence electrons. The Morgan fingerprint density at radius 3 is 2.48 bits per heavy atom. The number of rotatable bonds is 9. The smallest absolute Gasteiger partial charge is 0.230 e. The number of thioether (sulfide) groups is 1. The van der Waals surface area contributed by atoms with Gasteiger partial charge in [0.1, 0.15) is 11.6 Å². The van der Waals surface area contributed by atoms with Crippen molar-refractivity contribution in [3.63, 3.8) is 0 Å². The standard InChI is InChI=1S/C20H24FNO2S/c1-20(2,14-16-8-10-17(21)11-9-16)22-19(23)15-25-13-12-24-18-6-4-3-5-7-18/h3-11H,12-15H2,1-2H3,(H,22,23). The first-order valence-corrected chi connectivity index (χ1v) is 9.41. The molecule has 0 aliphatic rings. The third kappa shape index (κ3) is 7.61. The first-order valence-electron chi connectivity index (χ1n) is 8.26. The maximum atomic E-state index is 13.0. The van der Waals surface area contributed by atoms with Crippen LogP contribution in [0.2, 0.25) is 0 Å². The summed E-state index contributed by atoms with van der Waals surface area (Å²) >= 11 is 1.54. The Kier molecular flexibility index (Phi) is 7.31. The third-order valence-corrected chi connectivity index (χ3v) is 4.43. The summed E-state index contributed by atoms with van der Waals surface area (Å²) in [6, 6.07) is 16.0. The van der Waals surface area contributed by atoms with Crippen molar-refractivity contribution in [1.29, 1.82) is 0 Å². The predicted molar refractivity (Wildman–Crippen MR) is 102 cm³/mol. The van der Waals surface area contributed by atoms with Crippen molar-refractivity contribution in [3.05, 3.63) is 66.0 Å². The second-order valence-electron chi connectivity index (χ2n) is 6.45. The number of carbonyl (C=O) groups excluding carboxylic acids is 1. The summed E-state index contributed by atoms with van der Waals surface area (Å²) in [5.74, 6) is 1.73. The molecule has 2 rings (SSSR count). The molecule has 1 N–H and O–H groups in total. The van der Waals surface area contributed by atoms with Gasteiger partial charge in [-0.3, -0.25) is 4.79 Å². The van der Waals surface area contributed by atoms with Gasteiger partial charge < -0.3 is 10.1 Å².